The van der Waals surface area contributed by atoms with Crippen LogP contribution in [0.4, 0.5) is 0 Å². The summed E-state index contributed by atoms with van der Waals surface area (Å²) in [6.07, 6.45) is 20.9. The second kappa shape index (κ2) is 7.94. The Morgan fingerprint density at radius 1 is 1.06 bits per heavy atom. The minimum atomic E-state index is 0. The van der Waals surface area contributed by atoms with Crippen LogP contribution in [0.5, 0.6) is 0 Å². The first kappa shape index (κ1) is 17.6. The second-order valence-electron chi connectivity index (χ2n) is 4.42. The molecule has 0 heterocycles. The SMILES string of the molecule is C1=CCC(C2[CH-]C3C=CC=CC3C2)=C1.[Br-].[Br-].[Ti+3]. The zero-order valence-electron chi connectivity index (χ0n) is 9.52. The van der Waals surface area contributed by atoms with Crippen LogP contribution >= 0.6 is 0 Å². The molecule has 0 N–H and O–H groups in total. The molecule has 0 aromatic heterocycles. The monoisotopic (exact) mass is 389 g/mol. The standard InChI is InChI=1S/C14H15.2BrH.Ti/c1-2-6-11(5-1)14-9-12-7-3-4-8-13(12)10-14;;;/h1-5,7-9,12-14H,6,10H2;2*1H;/q-1;;;+3/p-2. The number of hydrogen-bond acceptors (Lipinski definition) is 0. The predicted molar refractivity (Wildman–Crippen MR) is 59.5 cm³/mol. The third-order valence-electron chi connectivity index (χ3n) is 3.55. The molecule has 0 bridgehead atoms. The largest absolute Gasteiger partial charge is 3.00 e. The number of fused-ring (bicyclic) bond motifs is 1. The van der Waals surface area contributed by atoms with Crippen LogP contribution < -0.4 is 34.0 Å². The summed E-state index contributed by atoms with van der Waals surface area (Å²) in [4.78, 5) is 0. The van der Waals surface area contributed by atoms with Crippen molar-refractivity contribution < 1.29 is 55.7 Å². The van der Waals surface area contributed by atoms with E-state index in [9.17, 15) is 0 Å². The average molecular weight is 391 g/mol. The molecule has 0 aromatic carbocycles. The Bertz CT molecular complexity index is 335. The van der Waals surface area contributed by atoms with Gasteiger partial charge >= 0.3 is 21.7 Å². The molecule has 3 aliphatic carbocycles. The smallest absolute Gasteiger partial charge is 1.00 e. The minimum absolute atomic E-state index is 0. The van der Waals surface area contributed by atoms with E-state index in [2.05, 4.69) is 49.0 Å². The normalized spacial score (nSPS) is 32.0. The van der Waals surface area contributed by atoms with Crippen molar-refractivity contribution in [1.82, 2.24) is 0 Å². The molecule has 0 nitrogen and oxygen atoms in total. The number of hydrogen-bond donors (Lipinski definition) is 0. The van der Waals surface area contributed by atoms with E-state index in [1.54, 1.807) is 5.57 Å². The van der Waals surface area contributed by atoms with Crippen LogP contribution in [-0.4, -0.2) is 0 Å². The van der Waals surface area contributed by atoms with Gasteiger partial charge in [0, 0.05) is 0 Å². The summed E-state index contributed by atoms with van der Waals surface area (Å²) in [6, 6.07) is 0. The third kappa shape index (κ3) is 3.80. The number of allylic oxidation sites excluding steroid dienone is 8. The maximum absolute atomic E-state index is 2.53. The Hall–Kier alpha value is 0.634. The van der Waals surface area contributed by atoms with E-state index in [1.165, 1.54) is 12.8 Å². The molecule has 3 atom stereocenters. The summed E-state index contributed by atoms with van der Waals surface area (Å²) >= 11 is 0. The van der Waals surface area contributed by atoms with Gasteiger partial charge in [-0.1, -0.05) is 48.5 Å². The Labute approximate surface area is 140 Å². The van der Waals surface area contributed by atoms with Gasteiger partial charge in [-0.15, -0.1) is 17.9 Å². The number of halogens is 2. The third-order valence-corrected chi connectivity index (χ3v) is 3.55. The van der Waals surface area contributed by atoms with Gasteiger partial charge in [-0.05, 0) is 12.3 Å². The fourth-order valence-electron chi connectivity index (χ4n) is 2.77. The van der Waals surface area contributed by atoms with Crippen molar-refractivity contribution in [3.63, 3.8) is 0 Å². The summed E-state index contributed by atoms with van der Waals surface area (Å²) in [7, 11) is 0. The van der Waals surface area contributed by atoms with Crippen LogP contribution in [0.2, 0.25) is 0 Å². The maximum Gasteiger partial charge on any atom is 3.00 e. The summed E-state index contributed by atoms with van der Waals surface area (Å²) in [5, 5.41) is 0. The molecule has 0 amide bonds. The quantitative estimate of drug-likeness (QED) is 0.342. The zero-order chi connectivity index (χ0) is 9.38. The molecular formula is C14H15Br2Ti. The second-order valence-corrected chi connectivity index (χ2v) is 4.42. The van der Waals surface area contributed by atoms with Crippen LogP contribution in [0.1, 0.15) is 12.8 Å². The van der Waals surface area contributed by atoms with E-state index in [-0.39, 0.29) is 55.7 Å². The van der Waals surface area contributed by atoms with Gasteiger partial charge in [0.05, 0.1) is 0 Å². The molecule has 3 rings (SSSR count). The molecule has 0 spiro atoms. The van der Waals surface area contributed by atoms with Crippen molar-refractivity contribution in [3.05, 3.63) is 54.5 Å². The van der Waals surface area contributed by atoms with Crippen LogP contribution in [-0.2, 0) is 21.7 Å². The van der Waals surface area contributed by atoms with Crippen LogP contribution in [0.15, 0.2) is 48.1 Å². The fraction of sp³-hybridized carbons (Fsp3) is 0.357. The van der Waals surface area contributed by atoms with Gasteiger partial charge in [-0.25, -0.2) is 0 Å². The first-order valence-corrected chi connectivity index (χ1v) is 5.49. The topological polar surface area (TPSA) is 0 Å². The molecular weight excluding hydrogens is 376 g/mol. The Balaban J connectivity index is 0.000000853. The maximum atomic E-state index is 2.53. The van der Waals surface area contributed by atoms with E-state index in [0.29, 0.717) is 5.92 Å². The van der Waals surface area contributed by atoms with Gasteiger partial charge in [0.25, 0.3) is 0 Å². The van der Waals surface area contributed by atoms with Crippen molar-refractivity contribution in [1.29, 1.82) is 0 Å². The first-order chi connectivity index (χ1) is 6.93. The fourth-order valence-corrected chi connectivity index (χ4v) is 2.77. The molecule has 0 aliphatic heterocycles. The van der Waals surface area contributed by atoms with Gasteiger partial charge in [0.15, 0.2) is 0 Å². The Morgan fingerprint density at radius 3 is 2.47 bits per heavy atom. The molecule has 3 aliphatic rings. The summed E-state index contributed by atoms with van der Waals surface area (Å²) < 4.78 is 0. The molecule has 1 radical (unpaired) electrons. The molecule has 0 saturated heterocycles. The van der Waals surface area contributed by atoms with Crippen LogP contribution in [0, 0.1) is 24.2 Å². The zero-order valence-corrected chi connectivity index (χ0v) is 14.3. The first-order valence-electron chi connectivity index (χ1n) is 5.49. The van der Waals surface area contributed by atoms with E-state index in [0.717, 1.165) is 11.8 Å². The van der Waals surface area contributed by atoms with Crippen LogP contribution in [0.25, 0.3) is 0 Å². The Morgan fingerprint density at radius 2 is 1.82 bits per heavy atom. The van der Waals surface area contributed by atoms with Crippen LogP contribution in [0.3, 0.4) is 0 Å². The number of rotatable bonds is 1. The van der Waals surface area contributed by atoms with Gasteiger partial charge in [0.2, 0.25) is 0 Å². The van der Waals surface area contributed by atoms with E-state index < -0.39 is 0 Å². The molecule has 89 valence electrons. The molecule has 1 saturated carbocycles. The molecule has 3 unspecified atom stereocenters. The molecule has 3 heteroatoms. The van der Waals surface area contributed by atoms with Crippen molar-refractivity contribution in [2.24, 2.45) is 17.8 Å². The minimum Gasteiger partial charge on any atom is -1.00 e. The van der Waals surface area contributed by atoms with Crippen molar-refractivity contribution >= 4 is 0 Å². The van der Waals surface area contributed by atoms with Gasteiger partial charge in [-0.2, -0.15) is 0 Å². The molecule has 17 heavy (non-hydrogen) atoms. The molecule has 0 aromatic rings. The van der Waals surface area contributed by atoms with Crippen molar-refractivity contribution in [2.45, 2.75) is 12.8 Å². The van der Waals surface area contributed by atoms with Gasteiger partial charge in [-0.3, -0.25) is 0 Å². The van der Waals surface area contributed by atoms with Crippen molar-refractivity contribution in [3.8, 4) is 0 Å². The van der Waals surface area contributed by atoms with E-state index in [1.807, 2.05) is 0 Å². The average Bonchev–Trinajstić information content (AvgIpc) is 2.86. The summed E-state index contributed by atoms with van der Waals surface area (Å²) in [5.41, 5.74) is 1.61. The van der Waals surface area contributed by atoms with E-state index >= 15 is 0 Å². The van der Waals surface area contributed by atoms with E-state index in [4.69, 9.17) is 0 Å². The summed E-state index contributed by atoms with van der Waals surface area (Å²) in [5.74, 6) is 2.20. The van der Waals surface area contributed by atoms with Gasteiger partial charge < -0.3 is 40.4 Å². The predicted octanol–water partition coefficient (Wildman–Crippen LogP) is -2.54. The Kier molecular flexibility index (Phi) is 8.23. The molecule has 1 fully saturated rings. The summed E-state index contributed by atoms with van der Waals surface area (Å²) in [6.45, 7) is 0. The van der Waals surface area contributed by atoms with Crippen molar-refractivity contribution in [2.75, 3.05) is 0 Å². The van der Waals surface area contributed by atoms with Gasteiger partial charge in [0.1, 0.15) is 0 Å².